The molecule has 4 aliphatic carbocycles. The first-order valence-corrected chi connectivity index (χ1v) is 9.57. The number of methoxy groups -OCH3 is 1. The first-order valence-electron chi connectivity index (χ1n) is 9.57. The minimum atomic E-state index is -0.0584. The summed E-state index contributed by atoms with van der Waals surface area (Å²) in [6.07, 6.45) is 11.8. The zero-order valence-electron chi connectivity index (χ0n) is 15.3. The maximum atomic E-state index is 13.0. The molecular weight excluding hydrogens is 308 g/mol. The predicted molar refractivity (Wildman–Crippen MR) is 98.6 cm³/mol. The molecule has 2 saturated carbocycles. The average molecular weight is 334 g/mol. The van der Waals surface area contributed by atoms with Crippen LogP contribution in [0.1, 0.15) is 45.1 Å². The van der Waals surface area contributed by atoms with Crippen molar-refractivity contribution in [3.8, 4) is 5.75 Å². The molecule has 0 aromatic heterocycles. The summed E-state index contributed by atoms with van der Waals surface area (Å²) < 4.78 is 5.38. The minimum absolute atomic E-state index is 0.0428. The topological polar surface area (TPSA) is 26.3 Å². The molecular formula is C23H26O2. The molecule has 1 aromatic rings. The molecule has 2 fully saturated rings. The maximum absolute atomic E-state index is 13.0. The van der Waals surface area contributed by atoms with Crippen molar-refractivity contribution in [1.82, 2.24) is 0 Å². The van der Waals surface area contributed by atoms with Gasteiger partial charge in [-0.2, -0.15) is 0 Å². The Bertz CT molecular complexity index is 817. The van der Waals surface area contributed by atoms with Gasteiger partial charge in [-0.15, -0.1) is 0 Å². The number of ether oxygens (including phenoxy) is 1. The first-order chi connectivity index (χ1) is 12.0. The molecule has 0 heterocycles. The Morgan fingerprint density at radius 1 is 1.04 bits per heavy atom. The van der Waals surface area contributed by atoms with Crippen molar-refractivity contribution < 1.29 is 9.53 Å². The van der Waals surface area contributed by atoms with Crippen LogP contribution in [0.3, 0.4) is 0 Å². The zero-order chi connectivity index (χ0) is 17.4. The van der Waals surface area contributed by atoms with Gasteiger partial charge < -0.3 is 4.74 Å². The summed E-state index contributed by atoms with van der Waals surface area (Å²) in [5, 5.41) is 0. The van der Waals surface area contributed by atoms with Crippen molar-refractivity contribution >= 4 is 5.78 Å². The molecule has 2 nitrogen and oxygen atoms in total. The van der Waals surface area contributed by atoms with Crippen LogP contribution in [-0.2, 0) is 10.2 Å². The molecule has 0 aliphatic heterocycles. The van der Waals surface area contributed by atoms with E-state index in [1.54, 1.807) is 7.11 Å². The van der Waals surface area contributed by atoms with E-state index in [9.17, 15) is 4.79 Å². The van der Waals surface area contributed by atoms with Crippen LogP contribution in [-0.4, -0.2) is 12.9 Å². The fraction of sp³-hybridized carbons (Fsp3) is 0.522. The molecule has 0 radical (unpaired) electrons. The standard InChI is InChI=1S/C23H26O2/c1-15-14-18(24)20-19(15)23(16-6-8-17(25-3)9-7-16)13-12-22(20)11-5-4-10-21(22,23)2/h6-9,12-14,19-20H,4-5,10-11H2,1-3H3/t19-,20+,21+,22+,23+/m1/s1. The number of carbonyl (C=O) groups excluding carboxylic acids is 1. The fourth-order valence-corrected chi connectivity index (χ4v) is 7.24. The Hall–Kier alpha value is -1.83. The summed E-state index contributed by atoms with van der Waals surface area (Å²) >= 11 is 0. The fourth-order valence-electron chi connectivity index (χ4n) is 7.24. The second kappa shape index (κ2) is 4.66. The zero-order valence-corrected chi connectivity index (χ0v) is 15.3. The van der Waals surface area contributed by atoms with Gasteiger partial charge in [-0.25, -0.2) is 0 Å². The molecule has 4 aliphatic rings. The van der Waals surface area contributed by atoms with Crippen LogP contribution < -0.4 is 4.74 Å². The molecule has 2 heteroatoms. The maximum Gasteiger partial charge on any atom is 0.160 e. The molecule has 0 spiro atoms. The normalized spacial score (nSPS) is 43.8. The summed E-state index contributed by atoms with van der Waals surface area (Å²) in [5.41, 5.74) is 2.75. The monoisotopic (exact) mass is 334 g/mol. The largest absolute Gasteiger partial charge is 0.497 e. The van der Waals surface area contributed by atoms with Gasteiger partial charge in [0.15, 0.2) is 5.78 Å². The molecule has 0 unspecified atom stereocenters. The van der Waals surface area contributed by atoms with Crippen molar-refractivity contribution in [2.45, 2.75) is 44.9 Å². The number of carbonyl (C=O) groups is 1. The molecule has 1 aromatic carbocycles. The quantitative estimate of drug-likeness (QED) is 0.723. The lowest BCUT2D eigenvalue weighted by Gasteiger charge is -2.51. The van der Waals surface area contributed by atoms with Gasteiger partial charge in [0.05, 0.1) is 7.11 Å². The third kappa shape index (κ3) is 1.48. The molecule has 0 N–H and O–H groups in total. The van der Waals surface area contributed by atoms with E-state index in [2.05, 4.69) is 50.3 Å². The van der Waals surface area contributed by atoms with E-state index in [1.165, 1.54) is 30.4 Å². The third-order valence-electron chi connectivity index (χ3n) is 8.21. The Morgan fingerprint density at radius 3 is 2.48 bits per heavy atom. The van der Waals surface area contributed by atoms with Crippen molar-refractivity contribution in [1.29, 1.82) is 0 Å². The molecule has 0 amide bonds. The molecule has 5 atom stereocenters. The van der Waals surface area contributed by atoms with Gasteiger partial charge in [0, 0.05) is 22.7 Å². The van der Waals surface area contributed by atoms with Crippen LogP contribution >= 0.6 is 0 Å². The summed E-state index contributed by atoms with van der Waals surface area (Å²) in [4.78, 5) is 13.0. The van der Waals surface area contributed by atoms with Crippen LogP contribution in [0.15, 0.2) is 48.1 Å². The number of fused-ring (bicyclic) bond motifs is 2. The van der Waals surface area contributed by atoms with Gasteiger partial charge in [0.1, 0.15) is 5.75 Å². The highest BCUT2D eigenvalue weighted by Crippen LogP contribution is 2.80. The molecule has 0 saturated heterocycles. The van der Waals surface area contributed by atoms with Crippen LogP contribution in [0.2, 0.25) is 0 Å². The smallest absolute Gasteiger partial charge is 0.160 e. The molecule has 130 valence electrons. The second-order valence-corrected chi connectivity index (χ2v) is 8.76. The van der Waals surface area contributed by atoms with E-state index >= 15 is 0 Å². The lowest BCUT2D eigenvalue weighted by Crippen LogP contribution is -2.47. The molecule has 5 rings (SSSR count). The number of benzene rings is 1. The molecule has 2 bridgehead atoms. The van der Waals surface area contributed by atoms with Crippen molar-refractivity contribution in [3.63, 3.8) is 0 Å². The second-order valence-electron chi connectivity index (χ2n) is 8.76. The van der Waals surface area contributed by atoms with E-state index in [4.69, 9.17) is 4.74 Å². The van der Waals surface area contributed by atoms with Gasteiger partial charge in [0.2, 0.25) is 0 Å². The SMILES string of the molecule is COc1ccc([C@]23C=C[C@@]4(CCCC[C@]24C)[C@H]2C(=O)C=C(C)[C@H]23)cc1. The number of rotatable bonds is 2. The lowest BCUT2D eigenvalue weighted by molar-refractivity contribution is -0.122. The minimum Gasteiger partial charge on any atom is -0.497 e. The third-order valence-corrected chi connectivity index (χ3v) is 8.21. The molecule has 25 heavy (non-hydrogen) atoms. The van der Waals surface area contributed by atoms with Crippen LogP contribution in [0.4, 0.5) is 0 Å². The number of ketones is 1. The van der Waals surface area contributed by atoms with E-state index in [1.807, 2.05) is 6.08 Å². The van der Waals surface area contributed by atoms with Crippen LogP contribution in [0.5, 0.6) is 5.75 Å². The van der Waals surface area contributed by atoms with Crippen molar-refractivity contribution in [3.05, 3.63) is 53.6 Å². The Morgan fingerprint density at radius 2 is 1.76 bits per heavy atom. The Labute approximate surface area is 150 Å². The van der Waals surface area contributed by atoms with Gasteiger partial charge in [-0.3, -0.25) is 4.79 Å². The Balaban J connectivity index is 1.78. The van der Waals surface area contributed by atoms with E-state index in [0.29, 0.717) is 11.7 Å². The Kier molecular flexibility index (Phi) is 2.88. The van der Waals surface area contributed by atoms with Crippen molar-refractivity contribution in [2.75, 3.05) is 7.11 Å². The average Bonchev–Trinajstić information content (AvgIpc) is 3.15. The number of hydrogen-bond acceptors (Lipinski definition) is 2. The number of allylic oxidation sites excluding steroid dienone is 4. The van der Waals surface area contributed by atoms with E-state index in [-0.39, 0.29) is 22.2 Å². The highest BCUT2D eigenvalue weighted by molar-refractivity contribution is 5.98. The highest BCUT2D eigenvalue weighted by atomic mass is 16.5. The van der Waals surface area contributed by atoms with Crippen LogP contribution in [0, 0.1) is 22.7 Å². The summed E-state index contributed by atoms with van der Waals surface area (Å²) in [6.45, 7) is 4.64. The first kappa shape index (κ1) is 15.4. The van der Waals surface area contributed by atoms with Gasteiger partial charge in [0.25, 0.3) is 0 Å². The van der Waals surface area contributed by atoms with Crippen molar-refractivity contribution in [2.24, 2.45) is 22.7 Å². The van der Waals surface area contributed by atoms with Crippen LogP contribution in [0.25, 0.3) is 0 Å². The predicted octanol–water partition coefficient (Wildman–Crippen LogP) is 4.84. The van der Waals surface area contributed by atoms with E-state index < -0.39 is 0 Å². The van der Waals surface area contributed by atoms with Gasteiger partial charge in [-0.05, 0) is 49.0 Å². The number of hydrogen-bond donors (Lipinski definition) is 0. The van der Waals surface area contributed by atoms with E-state index in [0.717, 1.165) is 12.2 Å². The summed E-state index contributed by atoms with van der Waals surface area (Å²) in [5.74, 6) is 1.73. The van der Waals surface area contributed by atoms with Gasteiger partial charge in [-0.1, -0.05) is 49.6 Å². The summed E-state index contributed by atoms with van der Waals surface area (Å²) in [6, 6.07) is 8.62. The summed E-state index contributed by atoms with van der Waals surface area (Å²) in [7, 11) is 1.71. The van der Waals surface area contributed by atoms with Gasteiger partial charge >= 0.3 is 0 Å². The highest BCUT2D eigenvalue weighted by Gasteiger charge is 2.77. The lowest BCUT2D eigenvalue weighted by atomic mass is 9.52.